The fraction of sp³-hybridized carbons (Fsp3) is 0.0769. The summed E-state index contributed by atoms with van der Waals surface area (Å²) in [4.78, 5) is 15.8. The second-order valence-electron chi connectivity index (χ2n) is 4.22. The quantitative estimate of drug-likeness (QED) is 0.889. The molecule has 3 N–H and O–H groups in total. The van der Waals surface area contributed by atoms with Crippen LogP contribution >= 0.6 is 0 Å². The number of aryl methyl sites for hydroxylation is 1. The van der Waals surface area contributed by atoms with Crippen LogP contribution in [0, 0.1) is 6.92 Å². The largest absolute Gasteiger partial charge is 0.322 e. The number of aromatic nitrogens is 1. The molecule has 6 nitrogen and oxygen atoms in total. The molecule has 2 rings (SSSR count). The third kappa shape index (κ3) is 3.19. The van der Waals surface area contributed by atoms with Gasteiger partial charge < -0.3 is 5.32 Å². The van der Waals surface area contributed by atoms with Crippen molar-refractivity contribution in [3.63, 3.8) is 0 Å². The Morgan fingerprint density at radius 3 is 2.60 bits per heavy atom. The zero-order valence-corrected chi connectivity index (χ0v) is 11.5. The minimum Gasteiger partial charge on any atom is -0.322 e. The third-order valence-electron chi connectivity index (χ3n) is 2.66. The zero-order chi connectivity index (χ0) is 14.8. The Kier molecular flexibility index (Phi) is 3.82. The molecule has 0 bridgehead atoms. The summed E-state index contributed by atoms with van der Waals surface area (Å²) in [6, 6.07) is 7.69. The Morgan fingerprint density at radius 2 is 2.05 bits per heavy atom. The monoisotopic (exact) mass is 291 g/mol. The molecule has 20 heavy (non-hydrogen) atoms. The summed E-state index contributed by atoms with van der Waals surface area (Å²) >= 11 is 0. The Balaban J connectivity index is 2.24. The van der Waals surface area contributed by atoms with Crippen molar-refractivity contribution in [3.05, 3.63) is 53.9 Å². The molecule has 0 aliphatic heterocycles. The molecule has 1 heterocycles. The number of nitrogens with zero attached hydrogens (tertiary/aromatic N) is 1. The number of hydrogen-bond donors (Lipinski definition) is 2. The third-order valence-corrected chi connectivity index (χ3v) is 3.73. The summed E-state index contributed by atoms with van der Waals surface area (Å²) in [7, 11) is -3.75. The smallest absolute Gasteiger partial charge is 0.257 e. The van der Waals surface area contributed by atoms with Crippen LogP contribution in [0.5, 0.6) is 0 Å². The number of anilines is 1. The van der Waals surface area contributed by atoms with Gasteiger partial charge in [-0.3, -0.25) is 9.78 Å². The summed E-state index contributed by atoms with van der Waals surface area (Å²) in [6.07, 6.45) is 3.02. The minimum absolute atomic E-state index is 0.0388. The molecule has 104 valence electrons. The minimum atomic E-state index is -3.75. The molecule has 0 saturated heterocycles. The molecule has 0 spiro atoms. The van der Waals surface area contributed by atoms with E-state index in [1.807, 2.05) is 0 Å². The van der Waals surface area contributed by atoms with Crippen molar-refractivity contribution in [2.45, 2.75) is 11.8 Å². The summed E-state index contributed by atoms with van der Waals surface area (Å²) in [6.45, 7) is 1.61. The van der Waals surface area contributed by atoms with Gasteiger partial charge in [-0.25, -0.2) is 13.6 Å². The van der Waals surface area contributed by atoms with Gasteiger partial charge in [-0.05, 0) is 42.8 Å². The van der Waals surface area contributed by atoms with E-state index in [4.69, 9.17) is 5.14 Å². The van der Waals surface area contributed by atoms with Crippen molar-refractivity contribution in [2.24, 2.45) is 5.14 Å². The van der Waals surface area contributed by atoms with Crippen LogP contribution in [0.1, 0.15) is 15.9 Å². The van der Waals surface area contributed by atoms with E-state index in [-0.39, 0.29) is 10.8 Å². The van der Waals surface area contributed by atoms with Crippen molar-refractivity contribution in [1.29, 1.82) is 0 Å². The molecular formula is C13H13N3O3S. The van der Waals surface area contributed by atoms with Crippen LogP contribution in [0.4, 0.5) is 5.69 Å². The Morgan fingerprint density at radius 1 is 1.30 bits per heavy atom. The fourth-order valence-corrected chi connectivity index (χ4v) is 2.51. The van der Waals surface area contributed by atoms with Crippen LogP contribution in [0.2, 0.25) is 0 Å². The van der Waals surface area contributed by atoms with Crippen LogP contribution in [0.3, 0.4) is 0 Å². The lowest BCUT2D eigenvalue weighted by Gasteiger charge is -2.08. The van der Waals surface area contributed by atoms with E-state index in [0.29, 0.717) is 16.8 Å². The van der Waals surface area contributed by atoms with Gasteiger partial charge >= 0.3 is 0 Å². The fourth-order valence-electron chi connectivity index (χ4n) is 1.75. The SMILES string of the molecule is Cc1cc(NC(=O)c2cccnc2)ccc1S(N)(=O)=O. The average Bonchev–Trinajstić information content (AvgIpc) is 2.38. The first-order valence-electron chi connectivity index (χ1n) is 5.73. The van der Waals surface area contributed by atoms with E-state index >= 15 is 0 Å². The zero-order valence-electron chi connectivity index (χ0n) is 10.7. The maximum Gasteiger partial charge on any atom is 0.257 e. The number of nitrogens with two attached hydrogens (primary N) is 1. The molecule has 1 aromatic heterocycles. The number of primary sulfonamides is 1. The standard InChI is InChI=1S/C13H13N3O3S/c1-9-7-11(4-5-12(9)20(14,18)19)16-13(17)10-3-2-6-15-8-10/h2-8H,1H3,(H,16,17)(H2,14,18,19). The van der Waals surface area contributed by atoms with Crippen molar-refractivity contribution in [3.8, 4) is 0 Å². The van der Waals surface area contributed by atoms with E-state index in [2.05, 4.69) is 10.3 Å². The van der Waals surface area contributed by atoms with Gasteiger partial charge in [-0.2, -0.15) is 0 Å². The summed E-state index contributed by atoms with van der Waals surface area (Å²) in [5, 5.41) is 7.74. The molecule has 1 aromatic carbocycles. The van der Waals surface area contributed by atoms with Gasteiger partial charge in [0.15, 0.2) is 0 Å². The van der Waals surface area contributed by atoms with E-state index < -0.39 is 10.0 Å². The predicted octanol–water partition coefficient (Wildman–Crippen LogP) is 1.29. The first kappa shape index (κ1) is 14.2. The maximum atomic E-state index is 11.9. The second-order valence-corrected chi connectivity index (χ2v) is 5.75. The molecule has 0 atom stereocenters. The van der Waals surface area contributed by atoms with Crippen molar-refractivity contribution < 1.29 is 13.2 Å². The van der Waals surface area contributed by atoms with Crippen LogP contribution < -0.4 is 10.5 Å². The molecule has 2 aromatic rings. The lowest BCUT2D eigenvalue weighted by molar-refractivity contribution is 0.102. The summed E-state index contributed by atoms with van der Waals surface area (Å²) in [5.74, 6) is -0.319. The van der Waals surface area contributed by atoms with Crippen molar-refractivity contribution in [2.75, 3.05) is 5.32 Å². The number of amides is 1. The number of benzene rings is 1. The Bertz CT molecular complexity index is 743. The van der Waals surface area contributed by atoms with Crippen LogP contribution in [-0.2, 0) is 10.0 Å². The molecule has 0 radical (unpaired) electrons. The molecule has 1 amide bonds. The first-order valence-corrected chi connectivity index (χ1v) is 7.27. The molecule has 0 aliphatic carbocycles. The van der Waals surface area contributed by atoms with Crippen molar-refractivity contribution in [1.82, 2.24) is 4.98 Å². The Labute approximate surface area is 116 Å². The molecule has 0 aliphatic rings. The number of nitrogens with one attached hydrogen (secondary N) is 1. The number of rotatable bonds is 3. The van der Waals surface area contributed by atoms with E-state index in [0.717, 1.165) is 0 Å². The number of carbonyl (C=O) groups excluding carboxylic acids is 1. The first-order chi connectivity index (χ1) is 9.38. The highest BCUT2D eigenvalue weighted by atomic mass is 32.2. The summed E-state index contributed by atoms with van der Waals surface area (Å²) in [5.41, 5.74) is 1.38. The molecule has 0 fully saturated rings. The molecule has 0 unspecified atom stereocenters. The van der Waals surface area contributed by atoms with Gasteiger partial charge in [-0.1, -0.05) is 0 Å². The van der Waals surface area contributed by atoms with Gasteiger partial charge in [0.25, 0.3) is 5.91 Å². The molecule has 0 saturated carbocycles. The van der Waals surface area contributed by atoms with Gasteiger partial charge in [0.05, 0.1) is 10.5 Å². The normalized spacial score (nSPS) is 11.1. The topological polar surface area (TPSA) is 102 Å². The highest BCUT2D eigenvalue weighted by Gasteiger charge is 2.12. The highest BCUT2D eigenvalue weighted by Crippen LogP contribution is 2.19. The van der Waals surface area contributed by atoms with Crippen molar-refractivity contribution >= 4 is 21.6 Å². The molecular weight excluding hydrogens is 278 g/mol. The van der Waals surface area contributed by atoms with E-state index in [1.165, 1.54) is 18.3 Å². The van der Waals surface area contributed by atoms with Gasteiger partial charge in [0.1, 0.15) is 0 Å². The maximum absolute atomic E-state index is 11.9. The highest BCUT2D eigenvalue weighted by molar-refractivity contribution is 7.89. The van der Waals surface area contributed by atoms with Crippen LogP contribution in [-0.4, -0.2) is 19.3 Å². The van der Waals surface area contributed by atoms with Gasteiger partial charge in [0, 0.05) is 18.1 Å². The molecule has 7 heteroatoms. The lowest BCUT2D eigenvalue weighted by atomic mass is 10.2. The van der Waals surface area contributed by atoms with Gasteiger partial charge in [0.2, 0.25) is 10.0 Å². The van der Waals surface area contributed by atoms with E-state index in [9.17, 15) is 13.2 Å². The lowest BCUT2D eigenvalue weighted by Crippen LogP contribution is -2.15. The number of carbonyl (C=O) groups is 1. The number of pyridine rings is 1. The van der Waals surface area contributed by atoms with Gasteiger partial charge in [-0.15, -0.1) is 0 Å². The Hall–Kier alpha value is -2.25. The van der Waals surface area contributed by atoms with Crippen LogP contribution in [0.15, 0.2) is 47.6 Å². The number of hydrogen-bond acceptors (Lipinski definition) is 4. The second kappa shape index (κ2) is 5.40. The average molecular weight is 291 g/mol. The summed E-state index contributed by atoms with van der Waals surface area (Å²) < 4.78 is 22.6. The predicted molar refractivity (Wildman–Crippen MR) is 74.7 cm³/mol. The van der Waals surface area contributed by atoms with E-state index in [1.54, 1.807) is 31.3 Å². The number of sulfonamides is 1. The van der Waals surface area contributed by atoms with Crippen LogP contribution in [0.25, 0.3) is 0 Å².